The normalized spacial score (nSPS) is 23.3. The Morgan fingerprint density at radius 3 is 2.52 bits per heavy atom. The lowest BCUT2D eigenvalue weighted by molar-refractivity contribution is -0.143. The third-order valence-electron chi connectivity index (χ3n) is 4.10. The Morgan fingerprint density at radius 1 is 1.35 bits per heavy atom. The van der Waals surface area contributed by atoms with Gasteiger partial charge in [0.1, 0.15) is 11.6 Å². The molecule has 1 aliphatic heterocycles. The van der Waals surface area contributed by atoms with E-state index in [9.17, 15) is 9.59 Å². The summed E-state index contributed by atoms with van der Waals surface area (Å²) in [7, 11) is 1.40. The molecule has 1 heterocycles. The van der Waals surface area contributed by atoms with E-state index in [4.69, 9.17) is 9.47 Å². The number of nitrogens with one attached hydrogen (secondary N) is 1. The molecule has 2 atom stereocenters. The molecule has 0 spiro atoms. The van der Waals surface area contributed by atoms with Gasteiger partial charge in [-0.25, -0.2) is 4.79 Å². The van der Waals surface area contributed by atoms with Crippen molar-refractivity contribution in [1.82, 2.24) is 10.2 Å². The predicted octanol–water partition coefficient (Wildman–Crippen LogP) is 2.56. The van der Waals surface area contributed by atoms with Crippen LogP contribution in [0.15, 0.2) is 0 Å². The molecular weight excluding hydrogens is 296 g/mol. The monoisotopic (exact) mass is 328 g/mol. The zero-order valence-corrected chi connectivity index (χ0v) is 15.4. The fourth-order valence-electron chi connectivity index (χ4n) is 2.85. The van der Waals surface area contributed by atoms with E-state index in [1.807, 2.05) is 27.7 Å². The second-order valence-corrected chi connectivity index (χ2v) is 7.68. The van der Waals surface area contributed by atoms with Gasteiger partial charge in [0.05, 0.1) is 7.11 Å². The van der Waals surface area contributed by atoms with Gasteiger partial charge in [0, 0.05) is 19.6 Å². The van der Waals surface area contributed by atoms with Crippen molar-refractivity contribution < 1.29 is 19.1 Å². The van der Waals surface area contributed by atoms with E-state index < -0.39 is 5.60 Å². The maximum absolute atomic E-state index is 12.3. The fourth-order valence-corrected chi connectivity index (χ4v) is 2.85. The molecule has 1 fully saturated rings. The second-order valence-electron chi connectivity index (χ2n) is 7.68. The average molecular weight is 328 g/mol. The van der Waals surface area contributed by atoms with Crippen LogP contribution in [-0.2, 0) is 14.3 Å². The van der Waals surface area contributed by atoms with Crippen LogP contribution in [0, 0.1) is 5.41 Å². The molecule has 1 rings (SSSR count). The molecule has 6 heteroatoms. The standard InChI is InChI=1S/C17H32N2O4/c1-7-13(14(20)22-6)18-11-17(5)9-8-10-19(12-17)15(21)23-16(2,3)4/h13,18H,7-12H2,1-6H3. The third kappa shape index (κ3) is 6.37. The number of hydrogen-bond donors (Lipinski definition) is 1. The number of carbonyl (C=O) groups is 2. The van der Waals surface area contributed by atoms with Crippen molar-refractivity contribution in [1.29, 1.82) is 0 Å². The smallest absolute Gasteiger partial charge is 0.410 e. The van der Waals surface area contributed by atoms with E-state index in [-0.39, 0.29) is 23.5 Å². The van der Waals surface area contributed by atoms with Gasteiger partial charge in [-0.1, -0.05) is 13.8 Å². The Bertz CT molecular complexity index is 419. The van der Waals surface area contributed by atoms with Gasteiger partial charge in [0.15, 0.2) is 0 Å². The maximum atomic E-state index is 12.3. The molecule has 0 bridgehead atoms. The lowest BCUT2D eigenvalue weighted by Gasteiger charge is -2.41. The number of carbonyl (C=O) groups excluding carboxylic acids is 2. The highest BCUT2D eigenvalue weighted by Gasteiger charge is 2.35. The molecule has 0 aromatic carbocycles. The molecule has 23 heavy (non-hydrogen) atoms. The summed E-state index contributed by atoms with van der Waals surface area (Å²) in [6, 6.07) is -0.297. The first kappa shape index (κ1) is 19.7. The van der Waals surface area contributed by atoms with Gasteiger partial charge < -0.3 is 19.7 Å². The summed E-state index contributed by atoms with van der Waals surface area (Å²) >= 11 is 0. The Labute approximate surface area is 139 Å². The predicted molar refractivity (Wildman–Crippen MR) is 89.2 cm³/mol. The zero-order valence-electron chi connectivity index (χ0n) is 15.4. The van der Waals surface area contributed by atoms with E-state index in [0.717, 1.165) is 19.4 Å². The highest BCUT2D eigenvalue weighted by Crippen LogP contribution is 2.30. The van der Waals surface area contributed by atoms with E-state index >= 15 is 0 Å². The van der Waals surface area contributed by atoms with Crippen LogP contribution in [0.2, 0.25) is 0 Å². The van der Waals surface area contributed by atoms with Crippen LogP contribution in [0.3, 0.4) is 0 Å². The van der Waals surface area contributed by atoms with Crippen LogP contribution < -0.4 is 5.32 Å². The number of esters is 1. The van der Waals surface area contributed by atoms with Crippen LogP contribution in [0.1, 0.15) is 53.9 Å². The molecule has 1 saturated heterocycles. The van der Waals surface area contributed by atoms with Crippen molar-refractivity contribution >= 4 is 12.1 Å². The van der Waals surface area contributed by atoms with Crippen molar-refractivity contribution in [3.8, 4) is 0 Å². The highest BCUT2D eigenvalue weighted by molar-refractivity contribution is 5.75. The Morgan fingerprint density at radius 2 is 2.00 bits per heavy atom. The van der Waals surface area contributed by atoms with Gasteiger partial charge in [0.2, 0.25) is 0 Å². The number of rotatable bonds is 5. The van der Waals surface area contributed by atoms with Crippen LogP contribution in [0.4, 0.5) is 4.79 Å². The number of ether oxygens (including phenoxy) is 2. The first-order valence-electron chi connectivity index (χ1n) is 8.39. The van der Waals surface area contributed by atoms with Crippen molar-refractivity contribution in [3.63, 3.8) is 0 Å². The summed E-state index contributed by atoms with van der Waals surface area (Å²) in [5.41, 5.74) is -0.558. The maximum Gasteiger partial charge on any atom is 0.410 e. The minimum absolute atomic E-state index is 0.0728. The molecule has 0 aliphatic carbocycles. The van der Waals surface area contributed by atoms with Gasteiger partial charge in [0.25, 0.3) is 0 Å². The summed E-state index contributed by atoms with van der Waals surface area (Å²) in [6.45, 7) is 11.7. The highest BCUT2D eigenvalue weighted by atomic mass is 16.6. The van der Waals surface area contributed by atoms with Crippen LogP contribution in [0.25, 0.3) is 0 Å². The number of hydrogen-bond acceptors (Lipinski definition) is 5. The van der Waals surface area contributed by atoms with Crippen molar-refractivity contribution in [2.75, 3.05) is 26.7 Å². The second kappa shape index (κ2) is 7.99. The summed E-state index contributed by atoms with van der Waals surface area (Å²) in [5.74, 6) is -0.240. The molecule has 1 amide bonds. The molecule has 0 aromatic rings. The van der Waals surface area contributed by atoms with E-state index in [0.29, 0.717) is 19.5 Å². The molecule has 0 radical (unpaired) electrons. The van der Waals surface area contributed by atoms with Crippen molar-refractivity contribution in [2.24, 2.45) is 5.41 Å². The van der Waals surface area contributed by atoms with Crippen molar-refractivity contribution in [3.05, 3.63) is 0 Å². The molecule has 1 N–H and O–H groups in total. The van der Waals surface area contributed by atoms with Gasteiger partial charge in [-0.05, 0) is 45.4 Å². The first-order chi connectivity index (χ1) is 10.6. The number of piperidine rings is 1. The number of nitrogens with zero attached hydrogens (tertiary/aromatic N) is 1. The first-order valence-corrected chi connectivity index (χ1v) is 8.39. The molecular formula is C17H32N2O4. The number of likely N-dealkylation sites (tertiary alicyclic amines) is 1. The van der Waals surface area contributed by atoms with Crippen LogP contribution in [0.5, 0.6) is 0 Å². The summed E-state index contributed by atoms with van der Waals surface area (Å²) in [6.07, 6.45) is 2.37. The number of methoxy groups -OCH3 is 1. The lowest BCUT2D eigenvalue weighted by atomic mass is 9.81. The summed E-state index contributed by atoms with van der Waals surface area (Å²) in [5, 5.41) is 3.28. The average Bonchev–Trinajstić information content (AvgIpc) is 2.45. The Balaban J connectivity index is 2.61. The van der Waals surface area contributed by atoms with E-state index in [1.165, 1.54) is 7.11 Å². The fraction of sp³-hybridized carbons (Fsp3) is 0.882. The van der Waals surface area contributed by atoms with E-state index in [2.05, 4.69) is 12.2 Å². The summed E-state index contributed by atoms with van der Waals surface area (Å²) < 4.78 is 10.3. The molecule has 134 valence electrons. The topological polar surface area (TPSA) is 67.9 Å². The van der Waals surface area contributed by atoms with Gasteiger partial charge in [-0.15, -0.1) is 0 Å². The Hall–Kier alpha value is -1.30. The van der Waals surface area contributed by atoms with Gasteiger partial charge in [-0.3, -0.25) is 4.79 Å². The van der Waals surface area contributed by atoms with Crippen LogP contribution >= 0.6 is 0 Å². The Kier molecular flexibility index (Phi) is 6.86. The molecule has 6 nitrogen and oxygen atoms in total. The van der Waals surface area contributed by atoms with Crippen molar-refractivity contribution in [2.45, 2.75) is 65.5 Å². The molecule has 0 saturated carbocycles. The molecule has 1 aliphatic rings. The SMILES string of the molecule is CCC(NCC1(C)CCCN(C(=O)OC(C)(C)C)C1)C(=O)OC. The minimum atomic E-state index is -0.485. The zero-order chi connectivity index (χ0) is 17.7. The third-order valence-corrected chi connectivity index (χ3v) is 4.10. The molecule has 2 unspecified atom stereocenters. The number of amides is 1. The van der Waals surface area contributed by atoms with Gasteiger partial charge >= 0.3 is 12.1 Å². The molecule has 0 aromatic heterocycles. The largest absolute Gasteiger partial charge is 0.468 e. The minimum Gasteiger partial charge on any atom is -0.468 e. The van der Waals surface area contributed by atoms with Crippen LogP contribution in [-0.4, -0.2) is 55.3 Å². The lowest BCUT2D eigenvalue weighted by Crippen LogP contribution is -2.52. The summed E-state index contributed by atoms with van der Waals surface area (Å²) in [4.78, 5) is 25.7. The van der Waals surface area contributed by atoms with Gasteiger partial charge in [-0.2, -0.15) is 0 Å². The quantitative estimate of drug-likeness (QED) is 0.786. The van der Waals surface area contributed by atoms with E-state index in [1.54, 1.807) is 4.90 Å².